The molecule has 0 unspecified atom stereocenters. The number of aromatic nitrogens is 1. The number of carbonyl (C=O) groups is 2. The van der Waals surface area contributed by atoms with Crippen molar-refractivity contribution in [2.75, 3.05) is 13.3 Å². The zero-order valence-electron chi connectivity index (χ0n) is 12.6. The number of aliphatic carboxylic acids is 1. The van der Waals surface area contributed by atoms with E-state index in [0.717, 1.165) is 5.56 Å². The second kappa shape index (κ2) is 5.79. The normalized spacial score (nSPS) is 18.8. The molecule has 0 spiro atoms. The van der Waals surface area contributed by atoms with Crippen molar-refractivity contribution < 1.29 is 24.2 Å². The maximum absolute atomic E-state index is 12.6. The minimum absolute atomic E-state index is 0.200. The summed E-state index contributed by atoms with van der Waals surface area (Å²) in [5, 5.41) is 9.90. The summed E-state index contributed by atoms with van der Waals surface area (Å²) in [6.07, 6.45) is 2.70. The number of fused-ring (bicyclic) bond motifs is 1. The molecule has 1 N–H and O–H groups in total. The van der Waals surface area contributed by atoms with Crippen molar-refractivity contribution in [3.05, 3.63) is 29.3 Å². The lowest BCUT2D eigenvalue weighted by Crippen LogP contribution is -2.40. The van der Waals surface area contributed by atoms with Crippen LogP contribution in [0.4, 0.5) is 0 Å². The number of likely N-dealkylation sites (tertiary alicyclic amines) is 1. The molecule has 1 aromatic carbocycles. The van der Waals surface area contributed by atoms with E-state index in [-0.39, 0.29) is 12.7 Å². The molecule has 3 heterocycles. The van der Waals surface area contributed by atoms with Crippen LogP contribution in [0.3, 0.4) is 0 Å². The van der Waals surface area contributed by atoms with Gasteiger partial charge in [-0.25, -0.2) is 9.78 Å². The topological polar surface area (TPSA) is 89.0 Å². The Morgan fingerprint density at radius 1 is 1.29 bits per heavy atom. The van der Waals surface area contributed by atoms with Crippen molar-refractivity contribution in [1.82, 2.24) is 9.88 Å². The number of ether oxygens (including phenoxy) is 2. The number of rotatable bonds is 3. The van der Waals surface area contributed by atoms with Gasteiger partial charge in [0.1, 0.15) is 15.9 Å². The van der Waals surface area contributed by atoms with E-state index in [2.05, 4.69) is 4.98 Å². The number of benzene rings is 1. The second-order valence-corrected chi connectivity index (χ2v) is 6.62. The summed E-state index contributed by atoms with van der Waals surface area (Å²) in [5.74, 6) is 0.111. The molecule has 1 atom stereocenters. The van der Waals surface area contributed by atoms with E-state index in [1.54, 1.807) is 0 Å². The van der Waals surface area contributed by atoms with Crippen LogP contribution in [0.2, 0.25) is 0 Å². The van der Waals surface area contributed by atoms with E-state index in [9.17, 15) is 14.7 Å². The van der Waals surface area contributed by atoms with Gasteiger partial charge in [-0.1, -0.05) is 0 Å². The van der Waals surface area contributed by atoms with Gasteiger partial charge in [0, 0.05) is 12.1 Å². The van der Waals surface area contributed by atoms with E-state index >= 15 is 0 Å². The van der Waals surface area contributed by atoms with Crippen LogP contribution < -0.4 is 9.47 Å². The Morgan fingerprint density at radius 3 is 2.96 bits per heavy atom. The predicted molar refractivity (Wildman–Crippen MR) is 85.4 cm³/mol. The Balaban J connectivity index is 1.58. The fourth-order valence-corrected chi connectivity index (χ4v) is 3.81. The maximum Gasteiger partial charge on any atom is 0.326 e. The molecule has 0 aliphatic carbocycles. The predicted octanol–water partition coefficient (Wildman–Crippen LogP) is 2.23. The first kappa shape index (κ1) is 14.9. The fraction of sp³-hybridized carbons (Fsp3) is 0.312. The van der Waals surface area contributed by atoms with Crippen molar-refractivity contribution in [2.45, 2.75) is 18.9 Å². The van der Waals surface area contributed by atoms with E-state index in [1.807, 2.05) is 18.2 Å². The van der Waals surface area contributed by atoms with Gasteiger partial charge >= 0.3 is 5.97 Å². The van der Waals surface area contributed by atoms with Crippen LogP contribution in [0, 0.1) is 0 Å². The third-order valence-electron chi connectivity index (χ3n) is 4.13. The van der Waals surface area contributed by atoms with Crippen LogP contribution in [-0.2, 0) is 4.79 Å². The van der Waals surface area contributed by atoms with Crippen LogP contribution in [0.15, 0.2) is 24.4 Å². The van der Waals surface area contributed by atoms with Crippen molar-refractivity contribution in [1.29, 1.82) is 0 Å². The second-order valence-electron chi connectivity index (χ2n) is 5.59. The highest BCUT2D eigenvalue weighted by atomic mass is 32.1. The fourth-order valence-electron chi connectivity index (χ4n) is 2.94. The van der Waals surface area contributed by atoms with Gasteiger partial charge in [0.2, 0.25) is 6.79 Å². The first-order chi connectivity index (χ1) is 11.6. The molecular weight excluding hydrogens is 332 g/mol. The third-order valence-corrected chi connectivity index (χ3v) is 5.17. The number of amides is 1. The lowest BCUT2D eigenvalue weighted by Gasteiger charge is -2.20. The van der Waals surface area contributed by atoms with Crippen molar-refractivity contribution >= 4 is 23.2 Å². The van der Waals surface area contributed by atoms with Gasteiger partial charge in [0.05, 0.1) is 6.20 Å². The van der Waals surface area contributed by atoms with Gasteiger partial charge in [-0.2, -0.15) is 0 Å². The van der Waals surface area contributed by atoms with Crippen molar-refractivity contribution in [3.8, 4) is 22.1 Å². The summed E-state index contributed by atoms with van der Waals surface area (Å²) >= 11 is 1.25. The largest absolute Gasteiger partial charge is 0.480 e. The number of hydrogen-bond donors (Lipinski definition) is 1. The molecule has 2 aromatic rings. The standard InChI is InChI=1S/C16H14N2O5S/c19-15(18-5-1-2-10(18)16(20)21)13-7-17-14(24-13)9-3-4-11-12(6-9)23-8-22-11/h3-4,6-7,10H,1-2,5,8H2,(H,20,21)/t10-/m1/s1. The summed E-state index contributed by atoms with van der Waals surface area (Å²) in [4.78, 5) is 30.0. The molecule has 1 aromatic heterocycles. The van der Waals surface area contributed by atoms with Crippen LogP contribution >= 0.6 is 11.3 Å². The molecule has 1 fully saturated rings. The summed E-state index contributed by atoms with van der Waals surface area (Å²) in [7, 11) is 0. The quantitative estimate of drug-likeness (QED) is 0.917. The zero-order valence-corrected chi connectivity index (χ0v) is 13.4. The number of nitrogens with zero attached hydrogens (tertiary/aromatic N) is 2. The van der Waals surface area contributed by atoms with Gasteiger partial charge < -0.3 is 19.5 Å². The molecule has 7 nitrogen and oxygen atoms in total. The van der Waals surface area contributed by atoms with E-state index < -0.39 is 12.0 Å². The molecule has 2 aliphatic heterocycles. The summed E-state index contributed by atoms with van der Waals surface area (Å²) in [6.45, 7) is 0.666. The van der Waals surface area contributed by atoms with Gasteiger partial charge in [0.25, 0.3) is 5.91 Å². The van der Waals surface area contributed by atoms with Gasteiger partial charge in [-0.3, -0.25) is 4.79 Å². The molecule has 0 radical (unpaired) electrons. The number of hydrogen-bond acceptors (Lipinski definition) is 6. The molecular formula is C16H14N2O5S. The Hall–Kier alpha value is -2.61. The van der Waals surface area contributed by atoms with Gasteiger partial charge in [-0.15, -0.1) is 11.3 Å². The number of carboxylic acid groups (broad SMARTS) is 1. The van der Waals surface area contributed by atoms with Crippen LogP contribution in [0.5, 0.6) is 11.5 Å². The van der Waals surface area contributed by atoms with Crippen LogP contribution in [0.25, 0.3) is 10.6 Å². The molecule has 0 bridgehead atoms. The molecule has 8 heteroatoms. The maximum atomic E-state index is 12.6. The average molecular weight is 346 g/mol. The molecule has 124 valence electrons. The SMILES string of the molecule is O=C(O)[C@H]1CCCN1C(=O)c1cnc(-c2ccc3c(c2)OCO3)s1. The Kier molecular flexibility index (Phi) is 3.61. The minimum Gasteiger partial charge on any atom is -0.480 e. The first-order valence-corrected chi connectivity index (χ1v) is 8.35. The van der Waals surface area contributed by atoms with Crippen LogP contribution in [-0.4, -0.2) is 46.2 Å². The highest BCUT2D eigenvalue weighted by Gasteiger charge is 2.35. The van der Waals surface area contributed by atoms with E-state index in [0.29, 0.717) is 40.8 Å². The molecule has 24 heavy (non-hydrogen) atoms. The van der Waals surface area contributed by atoms with Crippen molar-refractivity contribution in [3.63, 3.8) is 0 Å². The number of thiazole rings is 1. The molecule has 1 amide bonds. The lowest BCUT2D eigenvalue weighted by atomic mass is 10.2. The lowest BCUT2D eigenvalue weighted by molar-refractivity contribution is -0.141. The Labute approximate surface area is 141 Å². The first-order valence-electron chi connectivity index (χ1n) is 7.53. The summed E-state index contributed by atoms with van der Waals surface area (Å²) in [5.41, 5.74) is 0.833. The molecule has 2 aliphatic rings. The highest BCUT2D eigenvalue weighted by molar-refractivity contribution is 7.16. The van der Waals surface area contributed by atoms with E-state index in [4.69, 9.17) is 9.47 Å². The summed E-state index contributed by atoms with van der Waals surface area (Å²) < 4.78 is 10.6. The number of carbonyl (C=O) groups excluding carboxylic acids is 1. The van der Waals surface area contributed by atoms with Gasteiger partial charge in [0.15, 0.2) is 11.5 Å². The molecule has 1 saturated heterocycles. The minimum atomic E-state index is -0.957. The smallest absolute Gasteiger partial charge is 0.326 e. The monoisotopic (exact) mass is 346 g/mol. The molecule has 4 rings (SSSR count). The highest BCUT2D eigenvalue weighted by Crippen LogP contribution is 2.37. The third kappa shape index (κ3) is 2.48. The van der Waals surface area contributed by atoms with Crippen molar-refractivity contribution in [2.24, 2.45) is 0 Å². The Bertz CT molecular complexity index is 819. The number of carboxylic acids is 1. The average Bonchev–Trinajstić information content (AvgIpc) is 3.31. The zero-order chi connectivity index (χ0) is 16.7. The van der Waals surface area contributed by atoms with Gasteiger partial charge in [-0.05, 0) is 31.0 Å². The Morgan fingerprint density at radius 2 is 2.12 bits per heavy atom. The van der Waals surface area contributed by atoms with Crippen LogP contribution in [0.1, 0.15) is 22.5 Å². The molecule has 0 saturated carbocycles. The van der Waals surface area contributed by atoms with E-state index in [1.165, 1.54) is 22.4 Å². The summed E-state index contributed by atoms with van der Waals surface area (Å²) in [6, 6.07) is 4.75.